The van der Waals surface area contributed by atoms with Crippen LogP contribution in [0.1, 0.15) is 6.23 Å². The van der Waals surface area contributed by atoms with E-state index in [1.807, 2.05) is 0 Å². The Morgan fingerprint density at radius 1 is 1.19 bits per heavy atom. The lowest BCUT2D eigenvalue weighted by Gasteiger charge is -2.17. The van der Waals surface area contributed by atoms with E-state index in [1.165, 1.54) is 10.9 Å². The number of halogens is 3. The molecule has 3 N–H and O–H groups in total. The number of aliphatic hydroxyl groups excluding tert-OH is 3. The van der Waals surface area contributed by atoms with E-state index in [4.69, 9.17) is 44.6 Å². The maximum Gasteiger partial charge on any atom is 0.164 e. The van der Waals surface area contributed by atoms with Crippen LogP contribution < -0.4 is 0 Å². The molecule has 1 fully saturated rings. The van der Waals surface area contributed by atoms with E-state index in [0.717, 1.165) is 0 Å². The van der Waals surface area contributed by atoms with Crippen LogP contribution in [0.3, 0.4) is 0 Å². The first kappa shape index (κ1) is 15.3. The lowest BCUT2D eigenvalue weighted by atomic mass is 10.1. The molecule has 3 rings (SSSR count). The molecule has 1 aromatic carbocycles. The molecular weight excluding hydrogens is 343 g/mol. The van der Waals surface area contributed by atoms with Crippen LogP contribution in [0.5, 0.6) is 0 Å². The predicted octanol–water partition coefficient (Wildman–Crippen LogP) is 1.61. The molecule has 2 heterocycles. The third-order valence-corrected chi connectivity index (χ3v) is 4.75. The van der Waals surface area contributed by atoms with Gasteiger partial charge in [0.05, 0.1) is 33.5 Å². The molecule has 114 valence electrons. The molecule has 21 heavy (non-hydrogen) atoms. The third kappa shape index (κ3) is 2.31. The first-order valence-electron chi connectivity index (χ1n) is 6.08. The number of aliphatic hydroxyl groups is 3. The zero-order valence-corrected chi connectivity index (χ0v) is 12.7. The van der Waals surface area contributed by atoms with Gasteiger partial charge in [-0.05, 0) is 6.07 Å². The average Bonchev–Trinajstić information content (AvgIpc) is 2.99. The van der Waals surface area contributed by atoms with Crippen molar-refractivity contribution in [3.8, 4) is 0 Å². The van der Waals surface area contributed by atoms with E-state index < -0.39 is 31.1 Å². The van der Waals surface area contributed by atoms with Gasteiger partial charge in [0.1, 0.15) is 23.8 Å². The van der Waals surface area contributed by atoms with E-state index in [2.05, 4.69) is 4.98 Å². The maximum atomic E-state index is 10.1. The molecule has 1 aromatic heterocycles. The van der Waals surface area contributed by atoms with Crippen molar-refractivity contribution in [1.82, 2.24) is 9.55 Å². The van der Waals surface area contributed by atoms with E-state index in [1.54, 1.807) is 6.07 Å². The van der Waals surface area contributed by atoms with Crippen molar-refractivity contribution in [2.45, 2.75) is 24.5 Å². The monoisotopic (exact) mass is 352 g/mol. The first-order chi connectivity index (χ1) is 9.95. The molecule has 4 atom stereocenters. The quantitative estimate of drug-likeness (QED) is 0.714. The van der Waals surface area contributed by atoms with Crippen molar-refractivity contribution >= 4 is 45.8 Å². The summed E-state index contributed by atoms with van der Waals surface area (Å²) in [4.78, 5) is 4.13. The Morgan fingerprint density at radius 3 is 2.52 bits per heavy atom. The summed E-state index contributed by atoms with van der Waals surface area (Å²) in [6.45, 7) is -0.408. The van der Waals surface area contributed by atoms with Gasteiger partial charge in [0.25, 0.3) is 0 Å². The zero-order chi connectivity index (χ0) is 15.3. The Labute approximate surface area is 134 Å². The van der Waals surface area contributed by atoms with Crippen LogP contribution in [0.4, 0.5) is 0 Å². The van der Waals surface area contributed by atoms with Gasteiger partial charge >= 0.3 is 0 Å². The normalized spacial score (nSPS) is 29.4. The number of hydrogen-bond acceptors (Lipinski definition) is 5. The molecule has 1 aliphatic heterocycles. The minimum absolute atomic E-state index is 0.192. The maximum absolute atomic E-state index is 10.1. The highest BCUT2D eigenvalue weighted by Crippen LogP contribution is 2.38. The molecule has 0 radical (unpaired) electrons. The van der Waals surface area contributed by atoms with Gasteiger partial charge in [-0.25, -0.2) is 4.98 Å². The Hall–Kier alpha value is -0.600. The van der Waals surface area contributed by atoms with Crippen molar-refractivity contribution in [3.05, 3.63) is 27.5 Å². The molecule has 0 aliphatic carbocycles. The minimum atomic E-state index is -1.22. The fraction of sp³-hybridized carbons (Fsp3) is 0.417. The number of rotatable bonds is 2. The highest BCUT2D eigenvalue weighted by Gasteiger charge is 2.43. The van der Waals surface area contributed by atoms with Crippen LogP contribution >= 0.6 is 34.8 Å². The summed E-state index contributed by atoms with van der Waals surface area (Å²) in [5.41, 5.74) is 0.910. The van der Waals surface area contributed by atoms with Crippen LogP contribution in [0.15, 0.2) is 12.4 Å². The summed E-state index contributed by atoms with van der Waals surface area (Å²) in [6.07, 6.45) is -2.79. The van der Waals surface area contributed by atoms with Gasteiger partial charge in [0.2, 0.25) is 0 Å². The summed E-state index contributed by atoms with van der Waals surface area (Å²) in [5, 5.41) is 29.6. The number of nitrogens with zero attached hydrogens (tertiary/aromatic N) is 2. The molecule has 2 aromatic rings. The van der Waals surface area contributed by atoms with Crippen molar-refractivity contribution in [1.29, 1.82) is 0 Å². The summed E-state index contributed by atoms with van der Waals surface area (Å²) in [7, 11) is 0. The second kappa shape index (κ2) is 5.55. The second-order valence-electron chi connectivity index (χ2n) is 4.73. The summed E-state index contributed by atoms with van der Waals surface area (Å²) in [5.74, 6) is 0. The summed E-state index contributed by atoms with van der Waals surface area (Å²) >= 11 is 18.0. The molecule has 9 heteroatoms. The number of ether oxygens (including phenoxy) is 1. The van der Waals surface area contributed by atoms with Crippen molar-refractivity contribution in [2.24, 2.45) is 0 Å². The van der Waals surface area contributed by atoms with Crippen LogP contribution in [0.25, 0.3) is 11.0 Å². The van der Waals surface area contributed by atoms with E-state index in [9.17, 15) is 10.2 Å². The second-order valence-corrected chi connectivity index (χ2v) is 5.90. The minimum Gasteiger partial charge on any atom is -0.394 e. The molecule has 6 nitrogen and oxygen atoms in total. The zero-order valence-electron chi connectivity index (χ0n) is 10.4. The molecule has 4 unspecified atom stereocenters. The van der Waals surface area contributed by atoms with Gasteiger partial charge in [-0.3, -0.25) is 0 Å². The van der Waals surface area contributed by atoms with Gasteiger partial charge in [0, 0.05) is 0 Å². The Balaban J connectivity index is 2.10. The lowest BCUT2D eigenvalue weighted by molar-refractivity contribution is -0.0508. The van der Waals surface area contributed by atoms with E-state index in [-0.39, 0.29) is 15.1 Å². The molecule has 0 saturated carbocycles. The van der Waals surface area contributed by atoms with Gasteiger partial charge in [-0.15, -0.1) is 0 Å². The smallest absolute Gasteiger partial charge is 0.164 e. The lowest BCUT2D eigenvalue weighted by Crippen LogP contribution is -2.33. The van der Waals surface area contributed by atoms with Crippen LogP contribution in [0, 0.1) is 0 Å². The van der Waals surface area contributed by atoms with E-state index >= 15 is 0 Å². The molecule has 1 aliphatic rings. The number of hydrogen-bond donors (Lipinski definition) is 3. The summed E-state index contributed by atoms with van der Waals surface area (Å²) < 4.78 is 6.94. The van der Waals surface area contributed by atoms with Gasteiger partial charge in [0.15, 0.2) is 6.23 Å². The molecule has 0 spiro atoms. The largest absolute Gasteiger partial charge is 0.394 e. The highest BCUT2D eigenvalue weighted by molar-refractivity contribution is 6.50. The van der Waals surface area contributed by atoms with Gasteiger partial charge in [-0.1, -0.05) is 34.8 Å². The van der Waals surface area contributed by atoms with Crippen molar-refractivity contribution in [2.75, 3.05) is 6.61 Å². The predicted molar refractivity (Wildman–Crippen MR) is 77.8 cm³/mol. The topological polar surface area (TPSA) is 87.7 Å². The fourth-order valence-electron chi connectivity index (χ4n) is 2.39. The van der Waals surface area contributed by atoms with Gasteiger partial charge < -0.3 is 24.6 Å². The van der Waals surface area contributed by atoms with Crippen molar-refractivity contribution < 1.29 is 20.1 Å². The van der Waals surface area contributed by atoms with Crippen LogP contribution in [0.2, 0.25) is 15.1 Å². The number of benzene rings is 1. The molecule has 1 saturated heterocycles. The Morgan fingerprint density at radius 2 is 1.90 bits per heavy atom. The van der Waals surface area contributed by atoms with E-state index in [0.29, 0.717) is 11.0 Å². The molecule has 0 bridgehead atoms. The first-order valence-corrected chi connectivity index (χ1v) is 7.21. The third-order valence-electron chi connectivity index (χ3n) is 3.50. The van der Waals surface area contributed by atoms with Crippen molar-refractivity contribution in [3.63, 3.8) is 0 Å². The number of imidazole rings is 1. The standard InChI is InChI=1S/C12H11Cl3N2O4/c13-4-1-5-9(8(15)7(4)14)16-3-17(5)12-11(20)10(19)6(2-18)21-12/h1,3,6,10-12,18-20H,2H2. The highest BCUT2D eigenvalue weighted by atomic mass is 35.5. The fourth-order valence-corrected chi connectivity index (χ4v) is 3.03. The number of fused-ring (bicyclic) bond motifs is 1. The van der Waals surface area contributed by atoms with Crippen LogP contribution in [-0.4, -0.2) is 49.8 Å². The SMILES string of the molecule is OCC1OC(n2cnc3c(Cl)c(Cl)c(Cl)cc32)C(O)C1O. The van der Waals surface area contributed by atoms with Crippen LogP contribution in [-0.2, 0) is 4.74 Å². The average molecular weight is 354 g/mol. The Kier molecular flexibility index (Phi) is 4.04. The van der Waals surface area contributed by atoms with Gasteiger partial charge in [-0.2, -0.15) is 0 Å². The Bertz CT molecular complexity index is 693. The summed E-state index contributed by atoms with van der Waals surface area (Å²) in [6, 6.07) is 1.55. The number of aromatic nitrogens is 2. The molecular formula is C12H11Cl3N2O4. The molecule has 0 amide bonds.